The molecule has 0 aliphatic rings. The van der Waals surface area contributed by atoms with Crippen LogP contribution in [0.1, 0.15) is 25.0 Å². The van der Waals surface area contributed by atoms with Crippen molar-refractivity contribution in [1.29, 1.82) is 0 Å². The standard InChI is InChI=1S/C22H25IN2O5/c1-14(2)19(25-22(29)30-13-15-7-4-3-5-8-15)20(26)24-18(21(27)28)12-16-9-6-10-17(23)11-16/h3-11,14,18-19H,12-13H2,1-2H3,(H,24,26)(H,25,29)(H,27,28)/t18-,19+/m0/s1. The zero-order valence-corrected chi connectivity index (χ0v) is 19.0. The summed E-state index contributed by atoms with van der Waals surface area (Å²) in [7, 11) is 0. The fourth-order valence-corrected chi connectivity index (χ4v) is 3.40. The van der Waals surface area contributed by atoms with Gasteiger partial charge in [-0.05, 0) is 51.8 Å². The Morgan fingerprint density at radius 2 is 1.67 bits per heavy atom. The van der Waals surface area contributed by atoms with Crippen LogP contribution in [0.15, 0.2) is 54.6 Å². The number of hydrogen-bond acceptors (Lipinski definition) is 4. The number of nitrogens with one attached hydrogen (secondary N) is 2. The third-order valence-corrected chi connectivity index (χ3v) is 5.05. The Labute approximate surface area is 189 Å². The number of halogens is 1. The molecule has 3 N–H and O–H groups in total. The van der Waals surface area contributed by atoms with Crippen molar-refractivity contribution in [3.05, 3.63) is 69.3 Å². The zero-order valence-electron chi connectivity index (χ0n) is 16.8. The fraction of sp³-hybridized carbons (Fsp3) is 0.318. The van der Waals surface area contributed by atoms with Crippen molar-refractivity contribution in [3.8, 4) is 0 Å². The second kappa shape index (κ2) is 11.5. The first-order valence-corrected chi connectivity index (χ1v) is 10.6. The van der Waals surface area contributed by atoms with Gasteiger partial charge in [-0.3, -0.25) is 4.79 Å². The lowest BCUT2D eigenvalue weighted by atomic mass is 10.0. The minimum Gasteiger partial charge on any atom is -0.480 e. The maximum Gasteiger partial charge on any atom is 0.408 e. The molecule has 0 saturated heterocycles. The van der Waals surface area contributed by atoms with Gasteiger partial charge >= 0.3 is 12.1 Å². The minimum atomic E-state index is -1.14. The third kappa shape index (κ3) is 7.66. The van der Waals surface area contributed by atoms with E-state index in [0.29, 0.717) is 0 Å². The number of alkyl carbamates (subject to hydrolysis) is 1. The summed E-state index contributed by atoms with van der Waals surface area (Å²) in [4.78, 5) is 36.5. The van der Waals surface area contributed by atoms with Crippen LogP contribution < -0.4 is 10.6 Å². The van der Waals surface area contributed by atoms with E-state index < -0.39 is 30.1 Å². The van der Waals surface area contributed by atoms with E-state index in [2.05, 4.69) is 33.2 Å². The second-order valence-electron chi connectivity index (χ2n) is 7.16. The van der Waals surface area contributed by atoms with Gasteiger partial charge in [0.1, 0.15) is 18.7 Å². The Morgan fingerprint density at radius 3 is 2.27 bits per heavy atom. The summed E-state index contributed by atoms with van der Waals surface area (Å²) in [6.45, 7) is 3.59. The maximum atomic E-state index is 12.7. The van der Waals surface area contributed by atoms with Crippen molar-refractivity contribution in [1.82, 2.24) is 10.6 Å². The molecule has 2 aromatic rings. The van der Waals surface area contributed by atoms with Gasteiger partial charge in [-0.2, -0.15) is 0 Å². The summed E-state index contributed by atoms with van der Waals surface area (Å²) in [6, 6.07) is 14.5. The van der Waals surface area contributed by atoms with Crippen LogP contribution in [0, 0.1) is 9.49 Å². The summed E-state index contributed by atoms with van der Waals surface area (Å²) in [5.74, 6) is -1.97. The first kappa shape index (κ1) is 23.7. The first-order valence-electron chi connectivity index (χ1n) is 9.51. The highest BCUT2D eigenvalue weighted by Gasteiger charge is 2.29. The summed E-state index contributed by atoms with van der Waals surface area (Å²) < 4.78 is 6.15. The van der Waals surface area contributed by atoms with Gasteiger partial charge < -0.3 is 20.5 Å². The quantitative estimate of drug-likeness (QED) is 0.437. The number of carbonyl (C=O) groups excluding carboxylic acids is 2. The number of carbonyl (C=O) groups is 3. The molecule has 0 spiro atoms. The summed E-state index contributed by atoms with van der Waals surface area (Å²) in [5, 5.41) is 14.6. The number of amides is 2. The molecule has 0 saturated carbocycles. The fourth-order valence-electron chi connectivity index (χ4n) is 2.79. The monoisotopic (exact) mass is 524 g/mol. The average molecular weight is 524 g/mol. The van der Waals surface area contributed by atoms with Crippen molar-refractivity contribution in [2.45, 2.75) is 39.0 Å². The minimum absolute atomic E-state index is 0.0729. The van der Waals surface area contributed by atoms with Crippen LogP contribution in [-0.2, 0) is 27.4 Å². The molecule has 0 unspecified atom stereocenters. The largest absolute Gasteiger partial charge is 0.480 e. The number of rotatable bonds is 9. The van der Waals surface area contributed by atoms with E-state index in [9.17, 15) is 19.5 Å². The Morgan fingerprint density at radius 1 is 1.00 bits per heavy atom. The van der Waals surface area contributed by atoms with E-state index >= 15 is 0 Å². The van der Waals surface area contributed by atoms with Crippen LogP contribution in [0.25, 0.3) is 0 Å². The van der Waals surface area contributed by atoms with E-state index in [-0.39, 0.29) is 18.9 Å². The van der Waals surface area contributed by atoms with Crippen LogP contribution in [0.3, 0.4) is 0 Å². The van der Waals surface area contributed by atoms with Gasteiger partial charge in [-0.1, -0.05) is 56.3 Å². The molecule has 2 aromatic carbocycles. The number of ether oxygens (including phenoxy) is 1. The molecule has 0 radical (unpaired) electrons. The molecule has 8 heteroatoms. The number of hydrogen-bond donors (Lipinski definition) is 3. The van der Waals surface area contributed by atoms with Crippen LogP contribution in [0.4, 0.5) is 4.79 Å². The maximum absolute atomic E-state index is 12.7. The number of aliphatic carboxylic acids is 1. The normalized spacial score (nSPS) is 12.7. The van der Waals surface area contributed by atoms with Crippen molar-refractivity contribution >= 4 is 40.6 Å². The topological polar surface area (TPSA) is 105 Å². The number of carboxylic acids is 1. The van der Waals surface area contributed by atoms with E-state index in [1.165, 1.54) is 0 Å². The van der Waals surface area contributed by atoms with Crippen molar-refractivity contribution < 1.29 is 24.2 Å². The molecule has 0 aliphatic heterocycles. The highest BCUT2D eigenvalue weighted by molar-refractivity contribution is 14.1. The first-order chi connectivity index (χ1) is 14.3. The lowest BCUT2D eigenvalue weighted by Gasteiger charge is -2.24. The third-order valence-electron chi connectivity index (χ3n) is 4.38. The molecule has 0 aromatic heterocycles. The van der Waals surface area contributed by atoms with E-state index in [1.54, 1.807) is 13.8 Å². The lowest BCUT2D eigenvalue weighted by molar-refractivity contribution is -0.142. The predicted octanol–water partition coefficient (Wildman–Crippen LogP) is 3.35. The molecule has 0 heterocycles. The van der Waals surface area contributed by atoms with Gasteiger partial charge in [0.15, 0.2) is 0 Å². The summed E-state index contributed by atoms with van der Waals surface area (Å²) in [6.07, 6.45) is -0.599. The Bertz CT molecular complexity index is 873. The van der Waals surface area contributed by atoms with Gasteiger partial charge in [0.2, 0.25) is 5.91 Å². The predicted molar refractivity (Wildman–Crippen MR) is 121 cm³/mol. The summed E-state index contributed by atoms with van der Waals surface area (Å²) in [5.41, 5.74) is 1.62. The Hall–Kier alpha value is -2.62. The molecule has 2 rings (SSSR count). The highest BCUT2D eigenvalue weighted by Crippen LogP contribution is 2.11. The Kier molecular flexibility index (Phi) is 9.10. The van der Waals surface area contributed by atoms with E-state index in [4.69, 9.17) is 4.74 Å². The molecule has 0 aliphatic carbocycles. The van der Waals surface area contributed by atoms with Gasteiger partial charge in [-0.15, -0.1) is 0 Å². The molecule has 0 fully saturated rings. The molecule has 2 atom stereocenters. The van der Waals surface area contributed by atoms with Crippen LogP contribution in [0.5, 0.6) is 0 Å². The Balaban J connectivity index is 1.98. The molecular formula is C22H25IN2O5. The molecule has 2 amide bonds. The van der Waals surface area contributed by atoms with Crippen molar-refractivity contribution in [3.63, 3.8) is 0 Å². The van der Waals surface area contributed by atoms with Crippen LogP contribution >= 0.6 is 22.6 Å². The number of benzene rings is 2. The SMILES string of the molecule is CC(C)[C@@H](NC(=O)OCc1ccccc1)C(=O)N[C@@H](Cc1cccc(I)c1)C(=O)O. The lowest BCUT2D eigenvalue weighted by Crippen LogP contribution is -2.54. The van der Waals surface area contributed by atoms with Gasteiger partial charge in [0.25, 0.3) is 0 Å². The van der Waals surface area contributed by atoms with Crippen molar-refractivity contribution in [2.24, 2.45) is 5.92 Å². The van der Waals surface area contributed by atoms with Gasteiger partial charge in [-0.25, -0.2) is 9.59 Å². The molecule has 0 bridgehead atoms. The van der Waals surface area contributed by atoms with Gasteiger partial charge in [0.05, 0.1) is 0 Å². The van der Waals surface area contributed by atoms with Crippen LogP contribution in [-0.4, -0.2) is 35.2 Å². The zero-order chi connectivity index (χ0) is 22.1. The van der Waals surface area contributed by atoms with Gasteiger partial charge in [0, 0.05) is 9.99 Å². The molecule has 30 heavy (non-hydrogen) atoms. The summed E-state index contributed by atoms with van der Waals surface area (Å²) >= 11 is 2.14. The molecular weight excluding hydrogens is 499 g/mol. The smallest absolute Gasteiger partial charge is 0.408 e. The van der Waals surface area contributed by atoms with E-state index in [0.717, 1.165) is 14.7 Å². The van der Waals surface area contributed by atoms with E-state index in [1.807, 2.05) is 54.6 Å². The van der Waals surface area contributed by atoms with Crippen molar-refractivity contribution in [2.75, 3.05) is 0 Å². The highest BCUT2D eigenvalue weighted by atomic mass is 127. The number of carboxylic acid groups (broad SMARTS) is 1. The average Bonchev–Trinajstić information content (AvgIpc) is 2.70. The van der Waals surface area contributed by atoms with Crippen LogP contribution in [0.2, 0.25) is 0 Å². The second-order valence-corrected chi connectivity index (χ2v) is 8.41. The molecule has 160 valence electrons. The molecule has 7 nitrogen and oxygen atoms in total.